The molecule has 1 atom stereocenters. The highest BCUT2D eigenvalue weighted by Gasteiger charge is 2.11. The third kappa shape index (κ3) is 3.03. The van der Waals surface area contributed by atoms with Crippen molar-refractivity contribution in [1.29, 1.82) is 0 Å². The highest BCUT2D eigenvalue weighted by Crippen LogP contribution is 2.24. The number of halogens is 1. The van der Waals surface area contributed by atoms with E-state index in [-0.39, 0.29) is 11.9 Å². The minimum Gasteiger partial charge on any atom is -0.490 e. The van der Waals surface area contributed by atoms with Gasteiger partial charge in [0.25, 0.3) is 0 Å². The Labute approximate surface area is 99.7 Å². The molecular formula is C11H15ClN2O2. The molecule has 4 nitrogen and oxygen atoms in total. The van der Waals surface area contributed by atoms with Gasteiger partial charge in [0.05, 0.1) is 11.7 Å². The van der Waals surface area contributed by atoms with E-state index in [0.717, 1.165) is 6.42 Å². The van der Waals surface area contributed by atoms with Crippen LogP contribution in [0.1, 0.15) is 25.8 Å². The number of ether oxygens (including phenoxy) is 1. The van der Waals surface area contributed by atoms with Crippen LogP contribution in [-0.4, -0.2) is 17.1 Å². The molecule has 0 aromatic heterocycles. The van der Waals surface area contributed by atoms with Crippen LogP contribution < -0.4 is 10.5 Å². The van der Waals surface area contributed by atoms with Gasteiger partial charge in [0, 0.05) is 5.02 Å². The molecule has 0 spiro atoms. The predicted octanol–water partition coefficient (Wildman–Crippen LogP) is 2.61. The lowest BCUT2D eigenvalue weighted by Crippen LogP contribution is -2.17. The number of oxime groups is 1. The van der Waals surface area contributed by atoms with Crippen LogP contribution in [0.4, 0.5) is 0 Å². The third-order valence-electron chi connectivity index (χ3n) is 2.23. The fourth-order valence-electron chi connectivity index (χ4n) is 1.16. The topological polar surface area (TPSA) is 67.8 Å². The van der Waals surface area contributed by atoms with Crippen LogP contribution >= 0.6 is 11.6 Å². The number of nitrogens with two attached hydrogens (primary N) is 1. The first-order valence-corrected chi connectivity index (χ1v) is 5.40. The molecular weight excluding hydrogens is 228 g/mol. The van der Waals surface area contributed by atoms with Crippen LogP contribution in [0.15, 0.2) is 23.4 Å². The van der Waals surface area contributed by atoms with Crippen molar-refractivity contribution >= 4 is 17.4 Å². The molecule has 0 aliphatic heterocycles. The molecule has 0 saturated carbocycles. The Hall–Kier alpha value is -1.42. The number of hydrogen-bond acceptors (Lipinski definition) is 3. The van der Waals surface area contributed by atoms with Gasteiger partial charge in [0.15, 0.2) is 5.84 Å². The summed E-state index contributed by atoms with van der Waals surface area (Å²) in [5.74, 6) is 0.534. The summed E-state index contributed by atoms with van der Waals surface area (Å²) in [6.45, 7) is 3.95. The van der Waals surface area contributed by atoms with E-state index < -0.39 is 0 Å². The van der Waals surface area contributed by atoms with Crippen molar-refractivity contribution in [3.8, 4) is 5.75 Å². The zero-order valence-corrected chi connectivity index (χ0v) is 10.0. The Balaban J connectivity index is 3.08. The van der Waals surface area contributed by atoms with Gasteiger partial charge in [-0.3, -0.25) is 0 Å². The maximum atomic E-state index is 8.65. The quantitative estimate of drug-likeness (QED) is 0.369. The number of rotatable bonds is 4. The molecule has 3 N–H and O–H groups in total. The molecule has 0 fully saturated rings. The Morgan fingerprint density at radius 2 is 2.31 bits per heavy atom. The van der Waals surface area contributed by atoms with Crippen LogP contribution in [0.3, 0.4) is 0 Å². The highest BCUT2D eigenvalue weighted by atomic mass is 35.5. The van der Waals surface area contributed by atoms with Gasteiger partial charge >= 0.3 is 0 Å². The van der Waals surface area contributed by atoms with Crippen LogP contribution in [0.2, 0.25) is 5.02 Å². The van der Waals surface area contributed by atoms with Gasteiger partial charge in [-0.05, 0) is 31.5 Å². The molecule has 0 saturated heterocycles. The SMILES string of the molecule is CCC(C)Oc1cc(Cl)ccc1C(N)=NO. The van der Waals surface area contributed by atoms with E-state index in [0.29, 0.717) is 16.3 Å². The van der Waals surface area contributed by atoms with Gasteiger partial charge in [-0.25, -0.2) is 0 Å². The molecule has 1 aromatic rings. The number of nitrogens with zero attached hydrogens (tertiary/aromatic N) is 1. The standard InChI is InChI=1S/C11H15ClN2O2/c1-3-7(2)16-10-6-8(12)4-5-9(10)11(13)14-15/h4-7,15H,3H2,1-2H3,(H2,13,14). The lowest BCUT2D eigenvalue weighted by atomic mass is 10.2. The molecule has 1 unspecified atom stereocenters. The van der Waals surface area contributed by atoms with E-state index in [2.05, 4.69) is 5.16 Å². The number of benzene rings is 1. The van der Waals surface area contributed by atoms with Crippen molar-refractivity contribution in [2.24, 2.45) is 10.9 Å². The molecule has 5 heteroatoms. The number of amidine groups is 1. The van der Waals surface area contributed by atoms with Crippen LogP contribution in [0, 0.1) is 0 Å². The third-order valence-corrected chi connectivity index (χ3v) is 2.47. The molecule has 0 radical (unpaired) electrons. The van der Waals surface area contributed by atoms with Gasteiger partial charge in [0.2, 0.25) is 0 Å². The van der Waals surface area contributed by atoms with Crippen molar-refractivity contribution in [3.05, 3.63) is 28.8 Å². The van der Waals surface area contributed by atoms with E-state index in [1.54, 1.807) is 18.2 Å². The van der Waals surface area contributed by atoms with Gasteiger partial charge in [-0.1, -0.05) is 23.7 Å². The lowest BCUT2D eigenvalue weighted by Gasteiger charge is -2.15. The van der Waals surface area contributed by atoms with E-state index in [1.165, 1.54) is 0 Å². The second kappa shape index (κ2) is 5.61. The summed E-state index contributed by atoms with van der Waals surface area (Å²) in [6.07, 6.45) is 0.908. The Bertz CT molecular complexity index is 394. The van der Waals surface area contributed by atoms with Crippen LogP contribution in [0.25, 0.3) is 0 Å². The first-order valence-electron chi connectivity index (χ1n) is 5.02. The molecule has 0 aliphatic rings. The zero-order chi connectivity index (χ0) is 12.1. The maximum absolute atomic E-state index is 8.65. The van der Waals surface area contributed by atoms with Crippen molar-refractivity contribution in [2.45, 2.75) is 26.4 Å². The second-order valence-electron chi connectivity index (χ2n) is 3.46. The smallest absolute Gasteiger partial charge is 0.173 e. The fourth-order valence-corrected chi connectivity index (χ4v) is 1.32. The summed E-state index contributed by atoms with van der Waals surface area (Å²) in [6, 6.07) is 4.98. The monoisotopic (exact) mass is 242 g/mol. The summed E-state index contributed by atoms with van der Waals surface area (Å²) in [7, 11) is 0. The first-order chi connectivity index (χ1) is 7.58. The Kier molecular flexibility index (Phi) is 4.43. The van der Waals surface area contributed by atoms with E-state index >= 15 is 0 Å². The van der Waals surface area contributed by atoms with E-state index in [9.17, 15) is 0 Å². The van der Waals surface area contributed by atoms with Gasteiger partial charge in [-0.2, -0.15) is 0 Å². The minimum absolute atomic E-state index is 0.00923. The van der Waals surface area contributed by atoms with E-state index in [1.807, 2.05) is 13.8 Å². The largest absolute Gasteiger partial charge is 0.490 e. The van der Waals surface area contributed by atoms with Crippen LogP contribution in [0.5, 0.6) is 5.75 Å². The molecule has 0 heterocycles. The average Bonchev–Trinajstić information content (AvgIpc) is 2.28. The van der Waals surface area contributed by atoms with Crippen LogP contribution in [-0.2, 0) is 0 Å². The number of hydrogen-bond donors (Lipinski definition) is 2. The summed E-state index contributed by atoms with van der Waals surface area (Å²) in [5, 5.41) is 12.2. The lowest BCUT2D eigenvalue weighted by molar-refractivity contribution is 0.217. The Morgan fingerprint density at radius 1 is 1.62 bits per heavy atom. The van der Waals surface area contributed by atoms with Crippen molar-refractivity contribution in [2.75, 3.05) is 0 Å². The first kappa shape index (κ1) is 12.6. The Morgan fingerprint density at radius 3 is 2.88 bits per heavy atom. The second-order valence-corrected chi connectivity index (χ2v) is 3.90. The molecule has 0 aliphatic carbocycles. The molecule has 1 rings (SSSR count). The molecule has 88 valence electrons. The normalized spacial score (nSPS) is 13.6. The summed E-state index contributed by atoms with van der Waals surface area (Å²) in [5.41, 5.74) is 6.07. The fraction of sp³-hybridized carbons (Fsp3) is 0.364. The summed E-state index contributed by atoms with van der Waals surface area (Å²) in [4.78, 5) is 0. The summed E-state index contributed by atoms with van der Waals surface area (Å²) >= 11 is 5.87. The zero-order valence-electron chi connectivity index (χ0n) is 9.27. The van der Waals surface area contributed by atoms with Gasteiger partial charge in [0.1, 0.15) is 5.75 Å². The van der Waals surface area contributed by atoms with E-state index in [4.69, 9.17) is 27.3 Å². The minimum atomic E-state index is 0.00923. The van der Waals surface area contributed by atoms with Gasteiger partial charge in [-0.15, -0.1) is 0 Å². The molecule has 1 aromatic carbocycles. The molecule has 16 heavy (non-hydrogen) atoms. The van der Waals surface area contributed by atoms with Crippen molar-refractivity contribution < 1.29 is 9.94 Å². The van der Waals surface area contributed by atoms with Gasteiger partial charge < -0.3 is 15.7 Å². The van der Waals surface area contributed by atoms with Crippen molar-refractivity contribution in [1.82, 2.24) is 0 Å². The summed E-state index contributed by atoms with van der Waals surface area (Å²) < 4.78 is 5.64. The average molecular weight is 243 g/mol. The maximum Gasteiger partial charge on any atom is 0.173 e. The molecule has 0 bridgehead atoms. The highest BCUT2D eigenvalue weighted by molar-refractivity contribution is 6.30. The predicted molar refractivity (Wildman–Crippen MR) is 64.3 cm³/mol. The molecule has 0 amide bonds. The van der Waals surface area contributed by atoms with Crippen molar-refractivity contribution in [3.63, 3.8) is 0 Å².